The number of terminal acetylenes is 1. The molecule has 0 saturated carbocycles. The van der Waals surface area contributed by atoms with Crippen LogP contribution in [-0.2, 0) is 30.2 Å². The molecule has 4 unspecified atom stereocenters. The molecule has 1 heterocycles. The number of epoxide rings is 1. The molecule has 0 aliphatic carbocycles. The lowest BCUT2D eigenvalue weighted by Crippen LogP contribution is -2.57. The number of halogens is 3. The predicted molar refractivity (Wildman–Crippen MR) is 99.0 cm³/mol. The first-order valence-corrected chi connectivity index (χ1v) is 9.10. The summed E-state index contributed by atoms with van der Waals surface area (Å²) >= 11 is 0. The topological polar surface area (TPSA) is 57.3 Å². The van der Waals surface area contributed by atoms with E-state index in [1.165, 1.54) is 12.1 Å². The third-order valence-electron chi connectivity index (χ3n) is 5.34. The number of hydrogen-bond donors (Lipinski definition) is 0. The Morgan fingerprint density at radius 2 is 1.90 bits per heavy atom. The molecule has 0 N–H and O–H groups in total. The summed E-state index contributed by atoms with van der Waals surface area (Å²) in [5.41, 5.74) is -5.00. The van der Waals surface area contributed by atoms with Crippen molar-refractivity contribution in [3.63, 3.8) is 0 Å². The van der Waals surface area contributed by atoms with Crippen molar-refractivity contribution in [3.05, 3.63) is 35.9 Å². The SMILES string of the molecule is C#CC(OC(=O)C(Cc1ccccc1)(OC)C(F)(F)F)C1(C)OC1(C)COCC. The largest absolute Gasteiger partial charge is 0.444 e. The fourth-order valence-corrected chi connectivity index (χ4v) is 3.19. The third-order valence-corrected chi connectivity index (χ3v) is 5.34. The van der Waals surface area contributed by atoms with E-state index in [1.807, 2.05) is 0 Å². The second-order valence-electron chi connectivity index (χ2n) is 7.22. The van der Waals surface area contributed by atoms with Crippen LogP contribution in [0.15, 0.2) is 30.3 Å². The van der Waals surface area contributed by atoms with Gasteiger partial charge in [0, 0.05) is 20.1 Å². The van der Waals surface area contributed by atoms with E-state index in [1.54, 1.807) is 39.0 Å². The molecule has 1 aliphatic heterocycles. The highest BCUT2D eigenvalue weighted by molar-refractivity contribution is 5.82. The average molecular weight is 414 g/mol. The number of benzene rings is 1. The van der Waals surface area contributed by atoms with Crippen LogP contribution >= 0.6 is 0 Å². The molecule has 1 fully saturated rings. The fraction of sp³-hybridized carbons (Fsp3) is 0.571. The van der Waals surface area contributed by atoms with E-state index in [-0.39, 0.29) is 12.2 Å². The van der Waals surface area contributed by atoms with Crippen LogP contribution in [0.4, 0.5) is 13.2 Å². The summed E-state index contributed by atoms with van der Waals surface area (Å²) in [7, 11) is 0.817. The van der Waals surface area contributed by atoms with Crippen LogP contribution in [-0.4, -0.2) is 55.4 Å². The summed E-state index contributed by atoms with van der Waals surface area (Å²) in [4.78, 5) is 12.8. The van der Waals surface area contributed by atoms with Crippen LogP contribution in [0.5, 0.6) is 0 Å². The zero-order valence-corrected chi connectivity index (χ0v) is 16.8. The molecule has 160 valence electrons. The molecule has 0 bridgehead atoms. The number of carbonyl (C=O) groups is 1. The van der Waals surface area contributed by atoms with E-state index < -0.39 is 41.5 Å². The smallest absolute Gasteiger partial charge is 0.428 e. The van der Waals surface area contributed by atoms with Gasteiger partial charge in [0.25, 0.3) is 5.60 Å². The third kappa shape index (κ3) is 4.27. The number of carbonyl (C=O) groups excluding carboxylic acids is 1. The van der Waals surface area contributed by atoms with Crippen molar-refractivity contribution in [2.45, 2.75) is 56.3 Å². The normalized spacial score (nSPS) is 26.8. The summed E-state index contributed by atoms with van der Waals surface area (Å²) in [5, 5.41) is 0. The maximum absolute atomic E-state index is 14.0. The van der Waals surface area contributed by atoms with Crippen LogP contribution in [0.3, 0.4) is 0 Å². The highest BCUT2D eigenvalue weighted by Gasteiger charge is 2.70. The van der Waals surface area contributed by atoms with Gasteiger partial charge in [0.05, 0.1) is 6.61 Å². The monoisotopic (exact) mass is 414 g/mol. The average Bonchev–Trinajstić information content (AvgIpc) is 3.24. The van der Waals surface area contributed by atoms with E-state index in [2.05, 4.69) is 5.92 Å². The Morgan fingerprint density at radius 1 is 1.28 bits per heavy atom. The maximum atomic E-state index is 14.0. The molecule has 1 aliphatic rings. The van der Waals surface area contributed by atoms with Gasteiger partial charge in [-0.3, -0.25) is 0 Å². The zero-order chi connectivity index (χ0) is 21.9. The van der Waals surface area contributed by atoms with Gasteiger partial charge in [-0.1, -0.05) is 36.3 Å². The lowest BCUT2D eigenvalue weighted by molar-refractivity contribution is -0.272. The Labute approximate surface area is 168 Å². The molecule has 1 saturated heterocycles. The van der Waals surface area contributed by atoms with Crippen LogP contribution < -0.4 is 0 Å². The molecule has 2 rings (SSSR count). The summed E-state index contributed by atoms with van der Waals surface area (Å²) < 4.78 is 62.8. The highest BCUT2D eigenvalue weighted by atomic mass is 19.4. The number of hydrogen-bond acceptors (Lipinski definition) is 5. The number of esters is 1. The molecule has 0 amide bonds. The van der Waals surface area contributed by atoms with E-state index >= 15 is 0 Å². The lowest BCUT2D eigenvalue weighted by Gasteiger charge is -2.33. The summed E-state index contributed by atoms with van der Waals surface area (Å²) in [6.07, 6.45) is -1.67. The van der Waals surface area contributed by atoms with Gasteiger partial charge in [-0.05, 0) is 26.3 Å². The van der Waals surface area contributed by atoms with E-state index in [9.17, 15) is 18.0 Å². The molecular formula is C21H25F3O5. The van der Waals surface area contributed by atoms with E-state index in [0.717, 1.165) is 7.11 Å². The lowest BCUT2D eigenvalue weighted by atomic mass is 9.90. The van der Waals surface area contributed by atoms with Gasteiger partial charge in [0.1, 0.15) is 11.2 Å². The van der Waals surface area contributed by atoms with Gasteiger partial charge in [-0.15, -0.1) is 6.42 Å². The molecule has 0 aromatic heterocycles. The second kappa shape index (κ2) is 8.34. The van der Waals surface area contributed by atoms with Gasteiger partial charge in [-0.2, -0.15) is 13.2 Å². The van der Waals surface area contributed by atoms with Crippen molar-refractivity contribution in [1.82, 2.24) is 0 Å². The minimum Gasteiger partial charge on any atom is -0.444 e. The summed E-state index contributed by atoms with van der Waals surface area (Å²) in [6, 6.07) is 7.73. The second-order valence-corrected chi connectivity index (χ2v) is 7.22. The Hall–Kier alpha value is -2.08. The van der Waals surface area contributed by atoms with Crippen molar-refractivity contribution in [3.8, 4) is 12.3 Å². The zero-order valence-electron chi connectivity index (χ0n) is 16.8. The molecule has 29 heavy (non-hydrogen) atoms. The van der Waals surface area contributed by atoms with Gasteiger partial charge >= 0.3 is 12.1 Å². The minimum absolute atomic E-state index is 0.161. The molecule has 5 nitrogen and oxygen atoms in total. The summed E-state index contributed by atoms with van der Waals surface area (Å²) in [6.45, 7) is 5.64. The van der Waals surface area contributed by atoms with Crippen LogP contribution in [0.2, 0.25) is 0 Å². The Morgan fingerprint density at radius 3 is 2.38 bits per heavy atom. The Balaban J connectivity index is 2.29. The van der Waals surface area contributed by atoms with Gasteiger partial charge < -0.3 is 18.9 Å². The van der Waals surface area contributed by atoms with Crippen molar-refractivity contribution in [1.29, 1.82) is 0 Å². The molecular weight excluding hydrogens is 389 g/mol. The number of rotatable bonds is 9. The van der Waals surface area contributed by atoms with Crippen molar-refractivity contribution >= 4 is 5.97 Å². The van der Waals surface area contributed by atoms with Crippen molar-refractivity contribution in [2.24, 2.45) is 0 Å². The highest BCUT2D eigenvalue weighted by Crippen LogP contribution is 2.51. The Kier molecular flexibility index (Phi) is 6.68. The molecule has 0 radical (unpaired) electrons. The van der Waals surface area contributed by atoms with Gasteiger partial charge in [0.15, 0.2) is 6.10 Å². The molecule has 4 atom stereocenters. The fourth-order valence-electron chi connectivity index (χ4n) is 3.19. The van der Waals surface area contributed by atoms with E-state index in [4.69, 9.17) is 25.4 Å². The first-order chi connectivity index (χ1) is 13.5. The maximum Gasteiger partial charge on any atom is 0.428 e. The van der Waals surface area contributed by atoms with E-state index in [0.29, 0.717) is 6.61 Å². The van der Waals surface area contributed by atoms with Crippen LogP contribution in [0.1, 0.15) is 26.3 Å². The molecule has 1 aromatic carbocycles. The number of alkyl halides is 3. The quantitative estimate of drug-likeness (QED) is 0.353. The van der Waals surface area contributed by atoms with Crippen molar-refractivity contribution in [2.75, 3.05) is 20.3 Å². The first kappa shape index (κ1) is 23.2. The predicted octanol–water partition coefficient (Wildman–Crippen LogP) is 3.31. The molecule has 8 heteroatoms. The molecule has 0 spiro atoms. The number of methoxy groups -OCH3 is 1. The van der Waals surface area contributed by atoms with Gasteiger partial charge in [-0.25, -0.2) is 4.79 Å². The van der Waals surface area contributed by atoms with Crippen molar-refractivity contribution < 1.29 is 36.9 Å². The summed E-state index contributed by atoms with van der Waals surface area (Å²) in [5.74, 6) is 0.616. The first-order valence-electron chi connectivity index (χ1n) is 9.10. The standard InChI is InChI=1S/C21H25F3O5/c1-6-16(19(4)18(3,29-19)14-27-7-2)28-17(25)20(26-5,21(22,23)24)13-15-11-9-8-10-12-15/h1,8-12,16H,7,13-14H2,2-5H3. The Bertz CT molecular complexity index is 760. The van der Waals surface area contributed by atoms with Crippen LogP contribution in [0, 0.1) is 12.3 Å². The van der Waals surface area contributed by atoms with Crippen LogP contribution in [0.25, 0.3) is 0 Å². The van der Waals surface area contributed by atoms with Gasteiger partial charge in [0.2, 0.25) is 0 Å². The molecule has 1 aromatic rings. The minimum atomic E-state index is -5.03. The number of ether oxygens (including phenoxy) is 4.